The van der Waals surface area contributed by atoms with Gasteiger partial charge in [0.25, 0.3) is 5.89 Å². The number of rotatable bonds is 4. The van der Waals surface area contributed by atoms with Gasteiger partial charge in [0.15, 0.2) is 0 Å². The van der Waals surface area contributed by atoms with Crippen molar-refractivity contribution in [1.82, 2.24) is 25.0 Å². The Balaban J connectivity index is 1.45. The highest BCUT2D eigenvalue weighted by molar-refractivity contribution is 5.75. The van der Waals surface area contributed by atoms with E-state index in [9.17, 15) is 0 Å². The van der Waals surface area contributed by atoms with E-state index in [1.165, 1.54) is 32.1 Å². The molecule has 0 saturated heterocycles. The summed E-state index contributed by atoms with van der Waals surface area (Å²) in [6.45, 7) is 0. The van der Waals surface area contributed by atoms with Crippen molar-refractivity contribution in [3.05, 3.63) is 55.0 Å². The van der Waals surface area contributed by atoms with Crippen LogP contribution in [0.25, 0.3) is 34.0 Å². The van der Waals surface area contributed by atoms with Crippen LogP contribution < -0.4 is 5.73 Å². The summed E-state index contributed by atoms with van der Waals surface area (Å²) >= 11 is 0. The molecule has 1 saturated carbocycles. The number of nitrogen functional groups attached to an aromatic ring is 1. The van der Waals surface area contributed by atoms with Gasteiger partial charge in [-0.05, 0) is 31.0 Å². The van der Waals surface area contributed by atoms with E-state index >= 15 is 0 Å². The molecule has 4 aromatic rings. The first-order valence-corrected chi connectivity index (χ1v) is 9.97. The van der Waals surface area contributed by atoms with Crippen molar-refractivity contribution in [2.75, 3.05) is 5.73 Å². The van der Waals surface area contributed by atoms with Gasteiger partial charge in [-0.25, -0.2) is 4.98 Å². The van der Waals surface area contributed by atoms with Crippen LogP contribution in [0.5, 0.6) is 0 Å². The molecule has 5 rings (SSSR count). The first kappa shape index (κ1) is 17.6. The summed E-state index contributed by atoms with van der Waals surface area (Å²) in [7, 11) is 0. The quantitative estimate of drug-likeness (QED) is 0.544. The van der Waals surface area contributed by atoms with E-state index in [0.29, 0.717) is 29.2 Å². The number of aromatic nitrogens is 5. The fourth-order valence-electron chi connectivity index (χ4n) is 3.87. The van der Waals surface area contributed by atoms with E-state index in [1.807, 2.05) is 42.6 Å². The smallest absolute Gasteiger partial charge is 0.251 e. The molecule has 2 N–H and O–H groups in total. The number of benzene rings is 1. The number of nitrogens with zero attached hydrogens (tertiary/aromatic N) is 5. The van der Waals surface area contributed by atoms with Crippen LogP contribution in [0.15, 0.2) is 59.4 Å². The van der Waals surface area contributed by atoms with E-state index in [1.54, 1.807) is 6.20 Å². The second kappa shape index (κ2) is 7.50. The predicted molar refractivity (Wildman–Crippen MR) is 111 cm³/mol. The van der Waals surface area contributed by atoms with Gasteiger partial charge in [0.1, 0.15) is 5.82 Å². The molecule has 0 atom stereocenters. The Morgan fingerprint density at radius 1 is 0.897 bits per heavy atom. The molecule has 7 nitrogen and oxygen atoms in total. The van der Waals surface area contributed by atoms with Crippen LogP contribution >= 0.6 is 0 Å². The largest absolute Gasteiger partial charge is 0.416 e. The highest BCUT2D eigenvalue weighted by atomic mass is 16.4. The Morgan fingerprint density at radius 2 is 1.69 bits per heavy atom. The van der Waals surface area contributed by atoms with Gasteiger partial charge in [-0.15, -0.1) is 10.2 Å². The van der Waals surface area contributed by atoms with Crippen LogP contribution in [0.1, 0.15) is 38.1 Å². The fourth-order valence-corrected chi connectivity index (χ4v) is 3.87. The maximum Gasteiger partial charge on any atom is 0.251 e. The summed E-state index contributed by atoms with van der Waals surface area (Å²) < 4.78 is 7.95. The molecule has 1 fully saturated rings. The predicted octanol–water partition coefficient (Wildman–Crippen LogP) is 4.75. The molecule has 0 radical (unpaired) electrons. The summed E-state index contributed by atoms with van der Waals surface area (Å²) in [5.74, 6) is 1.17. The molecule has 1 aliphatic carbocycles. The van der Waals surface area contributed by atoms with Crippen molar-refractivity contribution in [3.8, 4) is 34.0 Å². The third-order valence-electron chi connectivity index (χ3n) is 5.48. The number of nitrogens with two attached hydrogens (primary N) is 1. The minimum Gasteiger partial charge on any atom is -0.416 e. The third kappa shape index (κ3) is 3.51. The molecule has 0 spiro atoms. The van der Waals surface area contributed by atoms with E-state index in [2.05, 4.69) is 31.2 Å². The van der Waals surface area contributed by atoms with Gasteiger partial charge < -0.3 is 10.2 Å². The minimum absolute atomic E-state index is 0.357. The van der Waals surface area contributed by atoms with Gasteiger partial charge in [-0.3, -0.25) is 4.68 Å². The van der Waals surface area contributed by atoms with Crippen LogP contribution in [0.4, 0.5) is 5.82 Å². The van der Waals surface area contributed by atoms with Gasteiger partial charge in [0.2, 0.25) is 5.89 Å². The molecular formula is C22H22N6O. The lowest BCUT2D eigenvalue weighted by Crippen LogP contribution is -2.12. The summed E-state index contributed by atoms with van der Waals surface area (Å²) in [6, 6.07) is 12.1. The molecular weight excluding hydrogens is 364 g/mol. The Kier molecular flexibility index (Phi) is 4.56. The SMILES string of the molecule is Nc1ncc(-c2cnn(C3CCCCC3)c2)cc1-c1nnc(-c2ccccc2)o1. The van der Waals surface area contributed by atoms with Crippen LogP contribution in [0.2, 0.25) is 0 Å². The second-order valence-electron chi connectivity index (χ2n) is 7.44. The molecule has 3 heterocycles. The van der Waals surface area contributed by atoms with Crippen molar-refractivity contribution < 1.29 is 4.42 Å². The average molecular weight is 386 g/mol. The van der Waals surface area contributed by atoms with Gasteiger partial charge in [-0.1, -0.05) is 37.5 Å². The Hall–Kier alpha value is -3.48. The van der Waals surface area contributed by atoms with Crippen molar-refractivity contribution in [2.24, 2.45) is 0 Å². The monoisotopic (exact) mass is 386 g/mol. The summed E-state index contributed by atoms with van der Waals surface area (Å²) in [5.41, 5.74) is 9.53. The zero-order valence-corrected chi connectivity index (χ0v) is 16.0. The third-order valence-corrected chi connectivity index (χ3v) is 5.48. The van der Waals surface area contributed by atoms with Gasteiger partial charge in [0.05, 0.1) is 17.8 Å². The molecule has 0 bridgehead atoms. The maximum atomic E-state index is 6.11. The van der Waals surface area contributed by atoms with Crippen LogP contribution in [0.3, 0.4) is 0 Å². The molecule has 1 aromatic carbocycles. The number of hydrogen-bond donors (Lipinski definition) is 1. The lowest BCUT2D eigenvalue weighted by Gasteiger charge is -2.21. The summed E-state index contributed by atoms with van der Waals surface area (Å²) in [5, 5.41) is 12.9. The van der Waals surface area contributed by atoms with E-state index in [0.717, 1.165) is 16.7 Å². The van der Waals surface area contributed by atoms with Crippen molar-refractivity contribution in [2.45, 2.75) is 38.1 Å². The van der Waals surface area contributed by atoms with Gasteiger partial charge in [0, 0.05) is 29.1 Å². The number of hydrogen-bond acceptors (Lipinski definition) is 6. The Bertz CT molecular complexity index is 1110. The minimum atomic E-state index is 0.357. The number of anilines is 1. The molecule has 3 aromatic heterocycles. The van der Waals surface area contributed by atoms with Crippen LogP contribution in [0, 0.1) is 0 Å². The molecule has 29 heavy (non-hydrogen) atoms. The van der Waals surface area contributed by atoms with E-state index < -0.39 is 0 Å². The zero-order valence-electron chi connectivity index (χ0n) is 16.0. The fraction of sp³-hybridized carbons (Fsp3) is 0.273. The maximum absolute atomic E-state index is 6.11. The molecule has 146 valence electrons. The average Bonchev–Trinajstić information content (AvgIpc) is 3.46. The van der Waals surface area contributed by atoms with E-state index in [-0.39, 0.29) is 0 Å². The molecule has 7 heteroatoms. The summed E-state index contributed by atoms with van der Waals surface area (Å²) in [4.78, 5) is 4.35. The molecule has 0 unspecified atom stereocenters. The number of pyridine rings is 1. The normalized spacial score (nSPS) is 14.9. The first-order valence-electron chi connectivity index (χ1n) is 9.97. The van der Waals surface area contributed by atoms with Crippen molar-refractivity contribution in [1.29, 1.82) is 0 Å². The summed E-state index contributed by atoms with van der Waals surface area (Å²) in [6.07, 6.45) is 12.0. The molecule has 1 aliphatic rings. The zero-order chi connectivity index (χ0) is 19.6. The van der Waals surface area contributed by atoms with Gasteiger partial charge in [-0.2, -0.15) is 5.10 Å². The first-order chi connectivity index (χ1) is 14.3. The lowest BCUT2D eigenvalue weighted by atomic mass is 9.96. The highest BCUT2D eigenvalue weighted by Gasteiger charge is 2.18. The van der Waals surface area contributed by atoms with Crippen LogP contribution in [-0.2, 0) is 0 Å². The molecule has 0 amide bonds. The van der Waals surface area contributed by atoms with E-state index in [4.69, 9.17) is 10.2 Å². The van der Waals surface area contributed by atoms with Crippen molar-refractivity contribution in [3.63, 3.8) is 0 Å². The van der Waals surface area contributed by atoms with Crippen LogP contribution in [-0.4, -0.2) is 25.0 Å². The van der Waals surface area contributed by atoms with Crippen molar-refractivity contribution >= 4 is 5.82 Å². The second-order valence-corrected chi connectivity index (χ2v) is 7.44. The highest BCUT2D eigenvalue weighted by Crippen LogP contribution is 2.32. The Morgan fingerprint density at radius 3 is 2.52 bits per heavy atom. The molecule has 0 aliphatic heterocycles. The Labute approximate surface area is 168 Å². The lowest BCUT2D eigenvalue weighted by molar-refractivity contribution is 0.329. The van der Waals surface area contributed by atoms with Gasteiger partial charge >= 0.3 is 0 Å². The standard InChI is InChI=1S/C22H22N6O/c23-20-19(22-27-26-21(29-22)15-7-3-1-4-8-15)11-16(12-24-20)17-13-25-28(14-17)18-9-5-2-6-10-18/h1,3-4,7-8,11-14,18H,2,5-6,9-10H2,(H2,23,24). The topological polar surface area (TPSA) is 95.7 Å².